The van der Waals surface area contributed by atoms with Crippen molar-refractivity contribution >= 4 is 98.3 Å². The van der Waals surface area contributed by atoms with Crippen molar-refractivity contribution in [1.82, 2.24) is 0 Å². The van der Waals surface area contributed by atoms with Crippen molar-refractivity contribution in [3.8, 4) is 0 Å². The Kier molecular flexibility index (Phi) is 28.0. The normalized spacial score (nSPS) is 29.8. The monoisotopic (exact) mass is 1300 g/mol. The molecule has 6 saturated carbocycles. The molecule has 0 amide bonds. The average molecular weight is 1300 g/mol. The van der Waals surface area contributed by atoms with Crippen LogP contribution in [0, 0.1) is 59.2 Å². The van der Waals surface area contributed by atoms with Gasteiger partial charge in [0.15, 0.2) is 0 Å². The summed E-state index contributed by atoms with van der Waals surface area (Å²) >= 11 is 9.54. The number of halogens is 5. The standard InChI is InChI=1S/C15H22O2.C14H20O2.C6H10O2.C5H8O2.I3.I2/c1-9(2)15(16)17-8-10-5-13-11-3-4-12(7-11)14(13)6-10;1-2-14(15)16-8-9-5-12-10-3-4-11(7-10)13(12)6-9;1-4-8-6(7)5(2)3;1-3-5(6)7-4-2;1-3-2;1-2/h10-14H,1,3-8H2,2H3;2,9-13H,1,3-8H2;2,4H2,1,3H3;3H,1,4H2,2H3;;/q;;;;-1;. The van der Waals surface area contributed by atoms with Gasteiger partial charge in [-0.25, -0.2) is 19.2 Å². The van der Waals surface area contributed by atoms with Crippen LogP contribution in [0.2, 0.25) is 0 Å². The third-order valence-electron chi connectivity index (χ3n) is 11.5. The van der Waals surface area contributed by atoms with Crippen LogP contribution in [0.3, 0.4) is 0 Å². The van der Waals surface area contributed by atoms with Gasteiger partial charge < -0.3 is 18.9 Å². The second-order valence-electron chi connectivity index (χ2n) is 14.7. The third kappa shape index (κ3) is 17.9. The molecule has 6 rings (SSSR count). The summed E-state index contributed by atoms with van der Waals surface area (Å²) in [5, 5.41) is 0. The van der Waals surface area contributed by atoms with Crippen molar-refractivity contribution in [3.63, 3.8) is 0 Å². The summed E-state index contributed by atoms with van der Waals surface area (Å²) in [6.45, 7) is 22.6. The molecule has 6 aliphatic carbocycles. The quantitative estimate of drug-likeness (QED) is 0.0931. The molecule has 0 aromatic rings. The number of carbonyl (C=O) groups is 4. The van der Waals surface area contributed by atoms with E-state index in [2.05, 4.69) is 110 Å². The van der Waals surface area contributed by atoms with E-state index in [1.54, 1.807) is 27.7 Å². The Morgan fingerprint density at radius 3 is 1.15 bits per heavy atom. The van der Waals surface area contributed by atoms with E-state index in [0.717, 1.165) is 53.4 Å². The molecule has 6 fully saturated rings. The van der Waals surface area contributed by atoms with Gasteiger partial charge in [0, 0.05) is 60.5 Å². The Morgan fingerprint density at radius 2 is 0.887 bits per heavy atom. The molecule has 4 bridgehead atoms. The Morgan fingerprint density at radius 1 is 0.585 bits per heavy atom. The summed E-state index contributed by atoms with van der Waals surface area (Å²) in [5.74, 6) is 7.98. The second kappa shape index (κ2) is 28.8. The molecular formula is C40H60I5O8-. The van der Waals surface area contributed by atoms with Crippen molar-refractivity contribution in [2.45, 2.75) is 91.9 Å². The van der Waals surface area contributed by atoms with Gasteiger partial charge in [-0.2, -0.15) is 0 Å². The summed E-state index contributed by atoms with van der Waals surface area (Å²) in [7, 11) is 0. The minimum absolute atomic E-state index is 0.218. The third-order valence-corrected chi connectivity index (χ3v) is 11.5. The van der Waals surface area contributed by atoms with Crippen LogP contribution in [0.4, 0.5) is 0 Å². The number of fused-ring (bicyclic) bond motifs is 10. The zero-order valence-electron chi connectivity index (χ0n) is 31.8. The summed E-state index contributed by atoms with van der Waals surface area (Å²) in [4.78, 5) is 42.9. The molecule has 0 aliphatic heterocycles. The molecular weight excluding hydrogens is 1240 g/mol. The Balaban J connectivity index is 0.000000360. The molecule has 13 heteroatoms. The Labute approximate surface area is 372 Å². The molecule has 8 unspecified atom stereocenters. The van der Waals surface area contributed by atoms with Crippen molar-refractivity contribution in [3.05, 3.63) is 49.6 Å². The van der Waals surface area contributed by atoms with Crippen molar-refractivity contribution in [2.24, 2.45) is 59.2 Å². The molecule has 0 aromatic carbocycles. The first-order valence-corrected chi connectivity index (χ1v) is 37.4. The van der Waals surface area contributed by atoms with Crippen LogP contribution in [0.5, 0.6) is 0 Å². The van der Waals surface area contributed by atoms with E-state index in [4.69, 9.17) is 9.47 Å². The van der Waals surface area contributed by atoms with Crippen LogP contribution in [0.15, 0.2) is 49.6 Å². The fraction of sp³-hybridized carbons (Fsp3) is 0.700. The molecule has 53 heavy (non-hydrogen) atoms. The Bertz CT molecular complexity index is 1180. The van der Waals surface area contributed by atoms with Gasteiger partial charge in [-0.05, 0) is 151 Å². The van der Waals surface area contributed by atoms with Crippen LogP contribution >= 0.6 is 74.5 Å². The maximum absolute atomic E-state index is 11.4. The molecule has 8 atom stereocenters. The zero-order valence-corrected chi connectivity index (χ0v) is 42.6. The molecule has 0 aromatic heterocycles. The van der Waals surface area contributed by atoms with Crippen LogP contribution in [-0.4, -0.2) is 50.3 Å². The summed E-state index contributed by atoms with van der Waals surface area (Å²) in [5.41, 5.74) is 0.968. The molecule has 0 heterocycles. The van der Waals surface area contributed by atoms with E-state index in [1.165, 1.54) is 70.3 Å². The second-order valence-corrected chi connectivity index (χ2v) is 31.0. The number of esters is 4. The number of rotatable bonds is 10. The first-order valence-electron chi connectivity index (χ1n) is 18.6. The van der Waals surface area contributed by atoms with Gasteiger partial charge in [-0.3, -0.25) is 0 Å². The van der Waals surface area contributed by atoms with E-state index < -0.39 is 0 Å². The van der Waals surface area contributed by atoms with E-state index in [0.29, 0.717) is 62.7 Å². The fourth-order valence-corrected chi connectivity index (χ4v) is 9.56. The van der Waals surface area contributed by atoms with E-state index >= 15 is 0 Å². The van der Waals surface area contributed by atoms with Gasteiger partial charge >= 0.3 is 74.4 Å². The van der Waals surface area contributed by atoms with Crippen molar-refractivity contribution < 1.29 is 51.4 Å². The number of carbonyl (C=O) groups excluding carboxylic acids is 4. The van der Waals surface area contributed by atoms with Gasteiger partial charge in [-0.15, -0.1) is 0 Å². The van der Waals surface area contributed by atoms with Crippen molar-refractivity contribution in [2.75, 3.05) is 26.4 Å². The molecule has 0 saturated heterocycles. The van der Waals surface area contributed by atoms with Crippen LogP contribution in [0.25, 0.3) is 0 Å². The van der Waals surface area contributed by atoms with E-state index in [-0.39, 0.29) is 23.9 Å². The molecule has 0 spiro atoms. The van der Waals surface area contributed by atoms with Gasteiger partial charge in [0.25, 0.3) is 0 Å². The van der Waals surface area contributed by atoms with Gasteiger partial charge in [-0.1, -0.05) is 26.3 Å². The minimum atomic E-state index is -0.359. The first-order chi connectivity index (χ1) is 25.3. The summed E-state index contributed by atoms with van der Waals surface area (Å²) in [6, 6.07) is 0. The molecule has 6 aliphatic rings. The number of ether oxygens (including phenoxy) is 4. The number of hydrogen-bond donors (Lipinski definition) is 0. The molecule has 0 N–H and O–H groups in total. The molecule has 304 valence electrons. The summed E-state index contributed by atoms with van der Waals surface area (Å²) < 4.78 is 19.5. The van der Waals surface area contributed by atoms with Gasteiger partial charge in [0.05, 0.1) is 26.4 Å². The predicted octanol–water partition coefficient (Wildman–Crippen LogP) is 8.37. The topological polar surface area (TPSA) is 105 Å². The zero-order chi connectivity index (χ0) is 40.1. The van der Waals surface area contributed by atoms with Crippen LogP contribution in [0.1, 0.15) is 91.9 Å². The maximum atomic E-state index is 11.4. The predicted molar refractivity (Wildman–Crippen MR) is 242 cm³/mol. The molecule has 0 radical (unpaired) electrons. The molecule has 8 nitrogen and oxygen atoms in total. The van der Waals surface area contributed by atoms with Gasteiger partial charge in [0.1, 0.15) is 0 Å². The van der Waals surface area contributed by atoms with Crippen LogP contribution < -0.4 is 13.3 Å². The van der Waals surface area contributed by atoms with E-state index in [1.807, 2.05) is 0 Å². The summed E-state index contributed by atoms with van der Waals surface area (Å²) in [6.07, 6.45) is 16.5. The van der Waals surface area contributed by atoms with E-state index in [9.17, 15) is 19.2 Å². The van der Waals surface area contributed by atoms with Crippen LogP contribution in [-0.2, 0) is 38.1 Å². The van der Waals surface area contributed by atoms with Crippen molar-refractivity contribution in [1.29, 1.82) is 0 Å². The van der Waals surface area contributed by atoms with Gasteiger partial charge in [0.2, 0.25) is 0 Å². The fourth-order valence-electron chi connectivity index (χ4n) is 9.56. The first kappa shape index (κ1) is 51.5. The Hall–Kier alpha value is 0.490. The number of hydrogen-bond acceptors (Lipinski definition) is 8. The SMILES string of the molecule is C=C(C)C(=O)OCC.C=C(C)C(=O)OCC1CC2C3CCC(C3)C2C1.C=CC(=O)OCC.C=CC(=O)OCC1CC2C3CCC(C3)C2C1.II.I[I-]I. The average Bonchev–Trinajstić information content (AvgIpc) is 4.00.